The number of likely N-dealkylation sites (tertiary alicyclic amines) is 1. The molecule has 4 rings (SSSR count). The number of benzene rings is 1. The van der Waals surface area contributed by atoms with E-state index >= 15 is 0 Å². The fraction of sp³-hybridized carbons (Fsp3) is 0.524. The number of nitrogens with one attached hydrogen (secondary N) is 2. The molecule has 0 bridgehead atoms. The van der Waals surface area contributed by atoms with Crippen LogP contribution >= 0.6 is 0 Å². The molecule has 4 N–H and O–H groups in total. The van der Waals surface area contributed by atoms with Crippen LogP contribution in [0.5, 0.6) is 0 Å². The van der Waals surface area contributed by atoms with Gasteiger partial charge in [-0.1, -0.05) is 12.1 Å². The molecule has 1 aliphatic carbocycles. The zero-order chi connectivity index (χ0) is 20.0. The van der Waals surface area contributed by atoms with Crippen LogP contribution in [0, 0.1) is 0 Å². The molecule has 2 heterocycles. The van der Waals surface area contributed by atoms with E-state index in [1.807, 2.05) is 30.9 Å². The Morgan fingerprint density at radius 1 is 1.32 bits per heavy atom. The molecule has 28 heavy (non-hydrogen) atoms. The van der Waals surface area contributed by atoms with Crippen molar-refractivity contribution < 1.29 is 9.59 Å². The van der Waals surface area contributed by atoms with Crippen molar-refractivity contribution in [3.8, 4) is 0 Å². The number of nitrogens with zero attached hydrogens (tertiary/aromatic N) is 2. The number of hydrogen-bond donors (Lipinski definition) is 3. The monoisotopic (exact) mass is 383 g/mol. The van der Waals surface area contributed by atoms with E-state index in [4.69, 9.17) is 5.73 Å². The van der Waals surface area contributed by atoms with Gasteiger partial charge in [-0.05, 0) is 50.9 Å². The summed E-state index contributed by atoms with van der Waals surface area (Å²) in [6.45, 7) is 6.21. The summed E-state index contributed by atoms with van der Waals surface area (Å²) in [6, 6.07) is 6.60. The Bertz CT molecular complexity index is 917. The number of fused-ring (bicyclic) bond motifs is 2. The van der Waals surface area contributed by atoms with Crippen molar-refractivity contribution in [2.45, 2.75) is 44.7 Å². The van der Waals surface area contributed by atoms with Crippen molar-refractivity contribution >= 4 is 22.8 Å². The van der Waals surface area contributed by atoms with Crippen molar-refractivity contribution in [1.82, 2.24) is 20.1 Å². The number of carbonyl (C=O) groups excluding carboxylic acids is 2. The van der Waals surface area contributed by atoms with Crippen LogP contribution in [-0.2, 0) is 6.42 Å². The molecular formula is C21H29N5O2. The number of likely N-dealkylation sites (N-methyl/N-ethyl adjacent to an activating group) is 1. The smallest absolute Gasteiger partial charge is 0.317 e. The van der Waals surface area contributed by atoms with Crippen molar-refractivity contribution in [2.24, 2.45) is 5.73 Å². The Kier molecular flexibility index (Phi) is 4.79. The van der Waals surface area contributed by atoms with Gasteiger partial charge in [0.1, 0.15) is 5.69 Å². The summed E-state index contributed by atoms with van der Waals surface area (Å²) in [7, 11) is 2.11. The number of rotatable bonds is 4. The molecule has 3 amide bonds. The number of piperidine rings is 1. The van der Waals surface area contributed by atoms with E-state index in [1.165, 1.54) is 5.56 Å². The van der Waals surface area contributed by atoms with Crippen LogP contribution in [0.4, 0.5) is 4.79 Å². The number of nitrogens with two attached hydrogens (primary N) is 1. The fourth-order valence-corrected chi connectivity index (χ4v) is 5.12. The standard InChI is InChI=1S/C21H29N5O2/c1-4-26(5-2)21(28)23-12-9-14-13-7-6-8-16-18(13)15(19(24-16)20(22)27)10-17(14)25(3)11-12/h6-8,12,14,17,24H,4-5,9-11H2,1-3H3,(H2,22,27)(H,23,28)/t12-,14?,17+/m0/s1. The summed E-state index contributed by atoms with van der Waals surface area (Å²) in [5.41, 5.74) is 9.42. The topological polar surface area (TPSA) is 94.5 Å². The second-order valence-corrected chi connectivity index (χ2v) is 7.98. The molecule has 1 fully saturated rings. The third-order valence-electron chi connectivity index (χ3n) is 6.47. The molecule has 3 atom stereocenters. The third-order valence-corrected chi connectivity index (χ3v) is 6.47. The number of amides is 3. The lowest BCUT2D eigenvalue weighted by Crippen LogP contribution is -2.56. The highest BCUT2D eigenvalue weighted by Gasteiger charge is 2.41. The Morgan fingerprint density at radius 2 is 2.07 bits per heavy atom. The average Bonchev–Trinajstić information content (AvgIpc) is 3.04. The molecule has 0 saturated carbocycles. The quantitative estimate of drug-likeness (QED) is 0.754. The number of H-pyrrole nitrogens is 1. The SMILES string of the molecule is CCN(CC)C(=O)N[C@H]1CC2c3cccc4[nH]c(C(N)=O)c(c34)C[C@H]2N(C)C1. The molecule has 2 aliphatic rings. The minimum absolute atomic E-state index is 0.00853. The van der Waals surface area contributed by atoms with Gasteiger partial charge < -0.3 is 25.8 Å². The first-order chi connectivity index (χ1) is 13.4. The number of carbonyl (C=O) groups is 2. The van der Waals surface area contributed by atoms with Gasteiger partial charge in [0.05, 0.1) is 0 Å². The van der Waals surface area contributed by atoms with Gasteiger partial charge >= 0.3 is 6.03 Å². The maximum absolute atomic E-state index is 12.5. The van der Waals surface area contributed by atoms with Gasteiger partial charge in [0.25, 0.3) is 5.91 Å². The summed E-state index contributed by atoms with van der Waals surface area (Å²) in [4.78, 5) is 31.9. The number of aromatic amines is 1. The zero-order valence-corrected chi connectivity index (χ0v) is 16.8. The van der Waals surface area contributed by atoms with Crippen LogP contribution in [0.1, 0.15) is 47.8 Å². The van der Waals surface area contributed by atoms with Crippen LogP contribution in [0.2, 0.25) is 0 Å². The molecule has 7 heteroatoms. The van der Waals surface area contributed by atoms with Crippen LogP contribution in [0.15, 0.2) is 18.2 Å². The largest absolute Gasteiger partial charge is 0.364 e. The van der Waals surface area contributed by atoms with Gasteiger partial charge in [-0.15, -0.1) is 0 Å². The minimum atomic E-state index is -0.404. The minimum Gasteiger partial charge on any atom is -0.364 e. The Balaban J connectivity index is 1.67. The van der Waals surface area contributed by atoms with Crippen LogP contribution < -0.4 is 11.1 Å². The lowest BCUT2D eigenvalue weighted by molar-refractivity contribution is 0.0991. The summed E-state index contributed by atoms with van der Waals surface area (Å²) in [5, 5.41) is 4.37. The third kappa shape index (κ3) is 2.94. The van der Waals surface area contributed by atoms with Crippen molar-refractivity contribution in [3.05, 3.63) is 35.0 Å². The van der Waals surface area contributed by atoms with Gasteiger partial charge in [-0.3, -0.25) is 4.79 Å². The van der Waals surface area contributed by atoms with E-state index in [2.05, 4.69) is 28.3 Å². The predicted octanol–water partition coefficient (Wildman–Crippen LogP) is 2.03. The fourth-order valence-electron chi connectivity index (χ4n) is 5.12. The van der Waals surface area contributed by atoms with E-state index in [9.17, 15) is 9.59 Å². The van der Waals surface area contributed by atoms with Crippen LogP contribution in [0.3, 0.4) is 0 Å². The number of aromatic nitrogens is 1. The molecule has 1 aromatic heterocycles. The molecule has 1 unspecified atom stereocenters. The maximum atomic E-state index is 12.5. The first-order valence-corrected chi connectivity index (χ1v) is 10.1. The second kappa shape index (κ2) is 7.13. The van der Waals surface area contributed by atoms with Gasteiger partial charge in [0.2, 0.25) is 0 Å². The van der Waals surface area contributed by atoms with Crippen molar-refractivity contribution in [3.63, 3.8) is 0 Å². The molecule has 0 radical (unpaired) electrons. The molecule has 150 valence electrons. The summed E-state index contributed by atoms with van der Waals surface area (Å²) < 4.78 is 0. The zero-order valence-electron chi connectivity index (χ0n) is 16.8. The average molecular weight is 383 g/mol. The van der Waals surface area contributed by atoms with Gasteiger partial charge in [0, 0.05) is 48.5 Å². The Labute approximate surface area is 165 Å². The molecule has 1 aliphatic heterocycles. The Morgan fingerprint density at radius 3 is 2.75 bits per heavy atom. The highest BCUT2D eigenvalue weighted by molar-refractivity contribution is 6.02. The van der Waals surface area contributed by atoms with Crippen molar-refractivity contribution in [1.29, 1.82) is 0 Å². The summed E-state index contributed by atoms with van der Waals surface area (Å²) in [6.07, 6.45) is 1.70. The second-order valence-electron chi connectivity index (χ2n) is 7.98. The van der Waals surface area contributed by atoms with E-state index in [1.54, 1.807) is 0 Å². The van der Waals surface area contributed by atoms with Crippen LogP contribution in [-0.4, -0.2) is 65.5 Å². The van der Waals surface area contributed by atoms with Gasteiger partial charge in [-0.2, -0.15) is 0 Å². The van der Waals surface area contributed by atoms with E-state index < -0.39 is 5.91 Å². The highest BCUT2D eigenvalue weighted by atomic mass is 16.2. The number of hydrogen-bond acceptors (Lipinski definition) is 3. The van der Waals surface area contributed by atoms with Gasteiger partial charge in [0.15, 0.2) is 0 Å². The van der Waals surface area contributed by atoms with E-state index in [0.29, 0.717) is 30.7 Å². The Hall–Kier alpha value is -2.54. The van der Waals surface area contributed by atoms with Crippen LogP contribution in [0.25, 0.3) is 10.9 Å². The first-order valence-electron chi connectivity index (χ1n) is 10.1. The lowest BCUT2D eigenvalue weighted by Gasteiger charge is -2.46. The molecule has 1 aromatic carbocycles. The molecular weight excluding hydrogens is 354 g/mol. The highest BCUT2D eigenvalue weighted by Crippen LogP contribution is 2.44. The number of urea groups is 1. The van der Waals surface area contributed by atoms with E-state index in [-0.39, 0.29) is 12.1 Å². The van der Waals surface area contributed by atoms with Gasteiger partial charge in [-0.25, -0.2) is 4.79 Å². The summed E-state index contributed by atoms with van der Waals surface area (Å²) in [5.74, 6) is -0.0908. The lowest BCUT2D eigenvalue weighted by atomic mass is 9.73. The maximum Gasteiger partial charge on any atom is 0.317 e. The van der Waals surface area contributed by atoms with E-state index in [0.717, 1.165) is 35.9 Å². The molecule has 0 spiro atoms. The number of primary amides is 1. The summed E-state index contributed by atoms with van der Waals surface area (Å²) >= 11 is 0. The van der Waals surface area contributed by atoms with Crippen molar-refractivity contribution in [2.75, 3.05) is 26.7 Å². The molecule has 2 aromatic rings. The normalized spacial score (nSPS) is 24.0. The first kappa shape index (κ1) is 18.8. The predicted molar refractivity (Wildman–Crippen MR) is 110 cm³/mol. The molecule has 7 nitrogen and oxygen atoms in total. The molecule has 1 saturated heterocycles.